The number of halogens is 1. The van der Waals surface area contributed by atoms with Crippen LogP contribution >= 0.6 is 11.6 Å². The van der Waals surface area contributed by atoms with E-state index in [0.29, 0.717) is 22.9 Å². The number of aliphatic hydroxyl groups is 1. The van der Waals surface area contributed by atoms with Crippen molar-refractivity contribution >= 4 is 23.2 Å². The van der Waals surface area contributed by atoms with Crippen LogP contribution < -0.4 is 10.1 Å². The van der Waals surface area contributed by atoms with Gasteiger partial charge in [0.15, 0.2) is 0 Å². The Hall–Kier alpha value is -1.26. The predicted octanol–water partition coefficient (Wildman–Crippen LogP) is 2.45. The number of benzene rings is 1. The van der Waals surface area contributed by atoms with E-state index in [-0.39, 0.29) is 12.3 Å². The molecule has 1 atom stereocenters. The van der Waals surface area contributed by atoms with Crippen molar-refractivity contribution in [2.24, 2.45) is 0 Å². The highest BCUT2D eigenvalue weighted by Crippen LogP contribution is 2.27. The molecule has 4 nitrogen and oxygen atoms in total. The highest BCUT2D eigenvalue weighted by Gasteiger charge is 2.07. The highest BCUT2D eigenvalue weighted by atomic mass is 35.5. The van der Waals surface area contributed by atoms with Crippen LogP contribution in [0, 0.1) is 0 Å². The summed E-state index contributed by atoms with van der Waals surface area (Å²) in [6.07, 6.45) is 0.250. The average molecular weight is 258 g/mol. The van der Waals surface area contributed by atoms with E-state index < -0.39 is 6.10 Å². The Kier molecular flexibility index (Phi) is 5.25. The smallest absolute Gasteiger partial charge is 0.224 e. The van der Waals surface area contributed by atoms with E-state index in [1.54, 1.807) is 25.1 Å². The van der Waals surface area contributed by atoms with Crippen LogP contribution in [0.3, 0.4) is 0 Å². The number of anilines is 1. The Morgan fingerprint density at radius 3 is 2.88 bits per heavy atom. The van der Waals surface area contributed by atoms with Crippen molar-refractivity contribution in [1.82, 2.24) is 0 Å². The van der Waals surface area contributed by atoms with Crippen LogP contribution in [0.15, 0.2) is 18.2 Å². The molecule has 1 unspecified atom stereocenters. The van der Waals surface area contributed by atoms with Gasteiger partial charge in [0.2, 0.25) is 5.91 Å². The second-order valence-corrected chi connectivity index (χ2v) is 4.19. The zero-order valence-electron chi connectivity index (χ0n) is 9.87. The lowest BCUT2D eigenvalue weighted by Crippen LogP contribution is -2.14. The summed E-state index contributed by atoms with van der Waals surface area (Å²) in [5, 5.41) is 12.3. The van der Waals surface area contributed by atoms with Crippen molar-refractivity contribution in [2.75, 3.05) is 12.4 Å². The first-order chi connectivity index (χ1) is 8.02. The first-order valence-electron chi connectivity index (χ1n) is 5.34. The summed E-state index contributed by atoms with van der Waals surface area (Å²) >= 11 is 5.86. The summed E-state index contributed by atoms with van der Waals surface area (Å²) in [4.78, 5) is 11.5. The molecular weight excluding hydrogens is 242 g/mol. The number of carbonyl (C=O) groups excluding carboxylic acids is 1. The van der Waals surface area contributed by atoms with Gasteiger partial charge in [-0.05, 0) is 25.5 Å². The molecule has 0 spiro atoms. The molecule has 0 aromatic heterocycles. The number of carbonyl (C=O) groups is 1. The van der Waals surface area contributed by atoms with Crippen LogP contribution in [-0.2, 0) is 4.79 Å². The number of hydrogen-bond acceptors (Lipinski definition) is 3. The Morgan fingerprint density at radius 2 is 2.29 bits per heavy atom. The van der Waals surface area contributed by atoms with Gasteiger partial charge in [-0.15, -0.1) is 0 Å². The average Bonchev–Trinajstić information content (AvgIpc) is 2.29. The molecule has 94 valence electrons. The molecule has 1 aromatic rings. The van der Waals surface area contributed by atoms with E-state index >= 15 is 0 Å². The molecule has 0 bridgehead atoms. The summed E-state index contributed by atoms with van der Waals surface area (Å²) in [5.74, 6) is 0.371. The van der Waals surface area contributed by atoms with Crippen molar-refractivity contribution in [3.8, 4) is 5.75 Å². The monoisotopic (exact) mass is 257 g/mol. The van der Waals surface area contributed by atoms with E-state index in [1.165, 1.54) is 7.11 Å². The number of ether oxygens (including phenoxy) is 1. The molecule has 2 N–H and O–H groups in total. The number of nitrogens with one attached hydrogen (secondary N) is 1. The molecular formula is C12H16ClNO3. The number of rotatable bonds is 5. The van der Waals surface area contributed by atoms with Gasteiger partial charge in [-0.25, -0.2) is 0 Å². The third kappa shape index (κ3) is 4.63. The molecule has 5 heteroatoms. The number of hydrogen-bond donors (Lipinski definition) is 2. The maximum atomic E-state index is 11.5. The fraction of sp³-hybridized carbons (Fsp3) is 0.417. The van der Waals surface area contributed by atoms with Crippen LogP contribution in [-0.4, -0.2) is 24.2 Å². The van der Waals surface area contributed by atoms with E-state index in [0.717, 1.165) is 0 Å². The SMILES string of the molecule is COc1cc(NC(=O)CCC(C)O)ccc1Cl. The Morgan fingerprint density at radius 1 is 1.59 bits per heavy atom. The minimum atomic E-state index is -0.472. The Balaban J connectivity index is 2.59. The van der Waals surface area contributed by atoms with Crippen molar-refractivity contribution in [1.29, 1.82) is 0 Å². The van der Waals surface area contributed by atoms with Gasteiger partial charge in [-0.2, -0.15) is 0 Å². The van der Waals surface area contributed by atoms with E-state index in [2.05, 4.69) is 5.32 Å². The van der Waals surface area contributed by atoms with Crippen LogP contribution in [0.4, 0.5) is 5.69 Å². The zero-order valence-corrected chi connectivity index (χ0v) is 10.6. The second-order valence-electron chi connectivity index (χ2n) is 3.79. The lowest BCUT2D eigenvalue weighted by atomic mass is 10.2. The van der Waals surface area contributed by atoms with Crippen molar-refractivity contribution < 1.29 is 14.6 Å². The third-order valence-corrected chi connectivity index (χ3v) is 2.54. The molecule has 1 rings (SSSR count). The lowest BCUT2D eigenvalue weighted by molar-refractivity contribution is -0.116. The molecule has 0 aliphatic rings. The Labute approximate surface area is 106 Å². The van der Waals surface area contributed by atoms with Crippen LogP contribution in [0.2, 0.25) is 5.02 Å². The van der Waals surface area contributed by atoms with E-state index in [9.17, 15) is 4.79 Å². The molecule has 1 aromatic carbocycles. The zero-order chi connectivity index (χ0) is 12.8. The standard InChI is InChI=1S/C12H16ClNO3/c1-8(15)3-6-12(16)14-9-4-5-10(13)11(7-9)17-2/h4-5,7-8,15H,3,6H2,1-2H3,(H,14,16). The minimum absolute atomic E-state index is 0.143. The van der Waals surface area contributed by atoms with E-state index in [4.69, 9.17) is 21.4 Å². The summed E-state index contributed by atoms with van der Waals surface area (Å²) in [5.41, 5.74) is 0.627. The summed E-state index contributed by atoms with van der Waals surface area (Å²) in [6.45, 7) is 1.65. The molecule has 0 aliphatic carbocycles. The van der Waals surface area contributed by atoms with E-state index in [1.807, 2.05) is 0 Å². The minimum Gasteiger partial charge on any atom is -0.495 e. The van der Waals surface area contributed by atoms with Gasteiger partial charge < -0.3 is 15.2 Å². The van der Waals surface area contributed by atoms with Gasteiger partial charge in [0, 0.05) is 18.2 Å². The fourth-order valence-corrected chi connectivity index (χ4v) is 1.50. The van der Waals surface area contributed by atoms with Gasteiger partial charge in [0.25, 0.3) is 0 Å². The summed E-state index contributed by atoms with van der Waals surface area (Å²) in [6, 6.07) is 5.01. The maximum Gasteiger partial charge on any atom is 0.224 e. The number of amides is 1. The third-order valence-electron chi connectivity index (χ3n) is 2.22. The number of methoxy groups -OCH3 is 1. The maximum absolute atomic E-state index is 11.5. The molecule has 0 saturated heterocycles. The predicted molar refractivity (Wildman–Crippen MR) is 67.5 cm³/mol. The summed E-state index contributed by atoms with van der Waals surface area (Å²) in [7, 11) is 1.51. The quantitative estimate of drug-likeness (QED) is 0.852. The van der Waals surface area contributed by atoms with Gasteiger partial charge in [-0.3, -0.25) is 4.79 Å². The Bertz CT molecular complexity index is 393. The first-order valence-corrected chi connectivity index (χ1v) is 5.72. The van der Waals surface area contributed by atoms with Crippen LogP contribution in [0.5, 0.6) is 5.75 Å². The molecule has 0 fully saturated rings. The molecule has 17 heavy (non-hydrogen) atoms. The molecule has 0 heterocycles. The topological polar surface area (TPSA) is 58.6 Å². The second kappa shape index (κ2) is 6.47. The van der Waals surface area contributed by atoms with Gasteiger partial charge >= 0.3 is 0 Å². The van der Waals surface area contributed by atoms with Gasteiger partial charge in [0.05, 0.1) is 18.2 Å². The fourth-order valence-electron chi connectivity index (χ4n) is 1.30. The summed E-state index contributed by atoms with van der Waals surface area (Å²) < 4.78 is 5.04. The lowest BCUT2D eigenvalue weighted by Gasteiger charge is -2.09. The van der Waals surface area contributed by atoms with Crippen LogP contribution in [0.1, 0.15) is 19.8 Å². The normalized spacial score (nSPS) is 12.0. The largest absolute Gasteiger partial charge is 0.495 e. The van der Waals surface area contributed by atoms with Crippen molar-refractivity contribution in [3.63, 3.8) is 0 Å². The molecule has 0 radical (unpaired) electrons. The molecule has 0 saturated carbocycles. The first kappa shape index (κ1) is 13.8. The highest BCUT2D eigenvalue weighted by molar-refractivity contribution is 6.32. The van der Waals surface area contributed by atoms with Crippen molar-refractivity contribution in [3.05, 3.63) is 23.2 Å². The van der Waals surface area contributed by atoms with Crippen molar-refractivity contribution in [2.45, 2.75) is 25.9 Å². The van der Waals surface area contributed by atoms with Crippen LogP contribution in [0.25, 0.3) is 0 Å². The van der Waals surface area contributed by atoms with Gasteiger partial charge in [0.1, 0.15) is 5.75 Å². The molecule has 1 amide bonds. The molecule has 0 aliphatic heterocycles. The number of aliphatic hydroxyl groups excluding tert-OH is 1. The van der Waals surface area contributed by atoms with Gasteiger partial charge in [-0.1, -0.05) is 11.6 Å².